The molecule has 2 aromatic rings. The highest BCUT2D eigenvalue weighted by atomic mass is 28.4. The predicted molar refractivity (Wildman–Crippen MR) is 124 cm³/mol. The summed E-state index contributed by atoms with van der Waals surface area (Å²) in [6.45, 7) is 12.1. The van der Waals surface area contributed by atoms with Crippen molar-refractivity contribution in [1.29, 1.82) is 0 Å². The van der Waals surface area contributed by atoms with E-state index in [-0.39, 0.29) is 0 Å². The zero-order valence-corrected chi connectivity index (χ0v) is 20.5. The zero-order chi connectivity index (χ0) is 20.0. The first kappa shape index (κ1) is 22.3. The van der Waals surface area contributed by atoms with Crippen molar-refractivity contribution in [2.24, 2.45) is 5.73 Å². The smallest absolute Gasteiger partial charge is 0.270 e. The molecular formula is C21H35NO2Si3. The first-order chi connectivity index (χ1) is 12.7. The first-order valence-corrected chi connectivity index (χ1v) is 18.5. The van der Waals surface area contributed by atoms with Gasteiger partial charge in [0.2, 0.25) is 0 Å². The monoisotopic (exact) mass is 417 g/mol. The van der Waals surface area contributed by atoms with Crippen molar-refractivity contribution >= 4 is 35.3 Å². The van der Waals surface area contributed by atoms with Crippen molar-refractivity contribution in [2.75, 3.05) is 12.8 Å². The summed E-state index contributed by atoms with van der Waals surface area (Å²) in [5.41, 5.74) is 5.80. The lowest BCUT2D eigenvalue weighted by Gasteiger charge is -2.40. The Kier molecular flexibility index (Phi) is 7.79. The van der Waals surface area contributed by atoms with Gasteiger partial charge in [0.1, 0.15) is 0 Å². The maximum Gasteiger partial charge on any atom is 0.270 e. The van der Waals surface area contributed by atoms with Gasteiger partial charge in [-0.15, -0.1) is 0 Å². The molecule has 0 aromatic heterocycles. The summed E-state index contributed by atoms with van der Waals surface area (Å²) in [5.74, 6) is 0. The molecule has 27 heavy (non-hydrogen) atoms. The van der Waals surface area contributed by atoms with Gasteiger partial charge in [-0.1, -0.05) is 60.7 Å². The molecule has 0 amide bonds. The van der Waals surface area contributed by atoms with E-state index in [1.54, 1.807) is 0 Å². The molecule has 6 heteroatoms. The Balaban J connectivity index is 2.55. The summed E-state index contributed by atoms with van der Waals surface area (Å²) in [7, 11) is -6.10. The van der Waals surface area contributed by atoms with E-state index < -0.39 is 25.0 Å². The lowest BCUT2D eigenvalue weighted by atomic mass is 10.4. The van der Waals surface area contributed by atoms with Crippen LogP contribution >= 0.6 is 0 Å². The Hall–Kier alpha value is -1.03. The third-order valence-electron chi connectivity index (χ3n) is 4.62. The van der Waals surface area contributed by atoms with Crippen molar-refractivity contribution in [3.8, 4) is 0 Å². The molecule has 0 aliphatic heterocycles. The predicted octanol–water partition coefficient (Wildman–Crippen LogP) is 3.71. The second-order valence-corrected chi connectivity index (χ2v) is 21.2. The molecule has 0 heterocycles. The zero-order valence-electron chi connectivity index (χ0n) is 17.5. The van der Waals surface area contributed by atoms with Crippen molar-refractivity contribution in [3.05, 3.63) is 60.7 Å². The van der Waals surface area contributed by atoms with E-state index in [1.165, 1.54) is 10.4 Å². The van der Waals surface area contributed by atoms with Crippen LogP contribution in [-0.4, -0.2) is 37.7 Å². The van der Waals surface area contributed by atoms with Crippen molar-refractivity contribution in [1.82, 2.24) is 0 Å². The highest BCUT2D eigenvalue weighted by molar-refractivity contribution is 7.02. The quantitative estimate of drug-likeness (QED) is 0.599. The Morgan fingerprint density at radius 1 is 0.778 bits per heavy atom. The molecule has 0 radical (unpaired) electrons. The molecule has 148 valence electrons. The third-order valence-corrected chi connectivity index (χ3v) is 14.2. The van der Waals surface area contributed by atoms with Crippen LogP contribution in [0.25, 0.3) is 0 Å². The van der Waals surface area contributed by atoms with E-state index in [1.807, 2.05) is 0 Å². The average Bonchev–Trinajstić information content (AvgIpc) is 2.64. The standard InChI is InChI=1S/C21H35NO2Si3/c1-25(2,3)23-19-27(20-13-8-6-9-14-20,21-15-10-7-11-16-21)24-26(4,5)18-12-17-22/h6-11,13-16H,12,17-19,22H2,1-5H3. The van der Waals surface area contributed by atoms with Crippen LogP contribution in [0, 0.1) is 0 Å². The lowest BCUT2D eigenvalue weighted by Crippen LogP contribution is -2.69. The molecule has 0 atom stereocenters. The van der Waals surface area contributed by atoms with Crippen LogP contribution in [-0.2, 0) is 8.54 Å². The van der Waals surface area contributed by atoms with E-state index in [2.05, 4.69) is 93.4 Å². The maximum atomic E-state index is 7.21. The maximum absolute atomic E-state index is 7.21. The first-order valence-electron chi connectivity index (χ1n) is 9.84. The minimum Gasteiger partial charge on any atom is -0.448 e. The molecule has 0 fully saturated rings. The van der Waals surface area contributed by atoms with Gasteiger partial charge < -0.3 is 14.3 Å². The summed E-state index contributed by atoms with van der Waals surface area (Å²) >= 11 is 0. The van der Waals surface area contributed by atoms with Gasteiger partial charge in [-0.3, -0.25) is 0 Å². The number of rotatable bonds is 10. The van der Waals surface area contributed by atoms with E-state index in [9.17, 15) is 0 Å². The Bertz CT molecular complexity index is 648. The lowest BCUT2D eigenvalue weighted by molar-refractivity contribution is 0.351. The van der Waals surface area contributed by atoms with Crippen LogP contribution in [0.4, 0.5) is 0 Å². The number of benzene rings is 2. The molecular weight excluding hydrogens is 382 g/mol. The molecule has 3 nitrogen and oxygen atoms in total. The average molecular weight is 418 g/mol. The van der Waals surface area contributed by atoms with E-state index in [4.69, 9.17) is 14.3 Å². The highest BCUT2D eigenvalue weighted by Gasteiger charge is 2.45. The summed E-state index contributed by atoms with van der Waals surface area (Å²) in [6, 6.07) is 22.6. The molecule has 0 aliphatic carbocycles. The Labute approximate surface area is 168 Å². The highest BCUT2D eigenvalue weighted by Crippen LogP contribution is 2.22. The summed E-state index contributed by atoms with van der Waals surface area (Å²) in [5, 5.41) is 2.59. The van der Waals surface area contributed by atoms with E-state index >= 15 is 0 Å². The summed E-state index contributed by atoms with van der Waals surface area (Å²) < 4.78 is 13.7. The van der Waals surface area contributed by atoms with E-state index in [0.717, 1.165) is 19.0 Å². The van der Waals surface area contributed by atoms with Crippen LogP contribution in [0.1, 0.15) is 6.42 Å². The molecule has 0 unspecified atom stereocenters. The molecule has 0 bridgehead atoms. The van der Waals surface area contributed by atoms with E-state index in [0.29, 0.717) is 6.23 Å². The normalized spacial score (nSPS) is 13.0. The second kappa shape index (κ2) is 9.45. The summed E-state index contributed by atoms with van der Waals surface area (Å²) in [4.78, 5) is 0. The van der Waals surface area contributed by atoms with Crippen molar-refractivity contribution < 1.29 is 8.54 Å². The van der Waals surface area contributed by atoms with Gasteiger partial charge in [0.15, 0.2) is 16.6 Å². The SMILES string of the molecule is C[Si](C)(C)OC[Si](O[Si](C)(C)CCCN)(c1ccccc1)c1ccccc1. The summed E-state index contributed by atoms with van der Waals surface area (Å²) in [6.07, 6.45) is 1.69. The number of hydrogen-bond acceptors (Lipinski definition) is 3. The van der Waals surface area contributed by atoms with Gasteiger partial charge in [0, 0.05) is 0 Å². The molecule has 0 saturated carbocycles. The Morgan fingerprint density at radius 3 is 1.67 bits per heavy atom. The van der Waals surface area contributed by atoms with Crippen LogP contribution in [0.3, 0.4) is 0 Å². The van der Waals surface area contributed by atoms with Crippen LogP contribution in [0.2, 0.25) is 38.8 Å². The molecule has 0 aliphatic rings. The van der Waals surface area contributed by atoms with Crippen LogP contribution in [0.5, 0.6) is 0 Å². The molecule has 0 spiro atoms. The fraction of sp³-hybridized carbons (Fsp3) is 0.429. The van der Waals surface area contributed by atoms with Gasteiger partial charge in [-0.2, -0.15) is 0 Å². The molecule has 0 saturated heterocycles. The van der Waals surface area contributed by atoms with Crippen molar-refractivity contribution in [2.45, 2.75) is 45.2 Å². The molecule has 2 aromatic carbocycles. The topological polar surface area (TPSA) is 44.5 Å². The second-order valence-electron chi connectivity index (χ2n) is 8.71. The van der Waals surface area contributed by atoms with Crippen LogP contribution in [0.15, 0.2) is 60.7 Å². The van der Waals surface area contributed by atoms with Crippen LogP contribution < -0.4 is 16.1 Å². The largest absolute Gasteiger partial charge is 0.448 e. The number of hydrogen-bond donors (Lipinski definition) is 1. The fourth-order valence-electron chi connectivity index (χ4n) is 3.26. The minimum absolute atomic E-state index is 0.676. The molecule has 2 N–H and O–H groups in total. The minimum atomic E-state index is -2.51. The van der Waals surface area contributed by atoms with Gasteiger partial charge in [0.25, 0.3) is 8.32 Å². The molecule has 2 rings (SSSR count). The number of nitrogens with two attached hydrogens (primary N) is 1. The fourth-order valence-corrected chi connectivity index (χ4v) is 14.4. The third kappa shape index (κ3) is 6.52. The van der Waals surface area contributed by atoms with Gasteiger partial charge in [0.05, 0.1) is 6.23 Å². The van der Waals surface area contributed by atoms with Gasteiger partial charge >= 0.3 is 0 Å². The van der Waals surface area contributed by atoms with Gasteiger partial charge in [-0.25, -0.2) is 0 Å². The van der Waals surface area contributed by atoms with Gasteiger partial charge in [-0.05, 0) is 62.1 Å². The van der Waals surface area contributed by atoms with Crippen molar-refractivity contribution in [3.63, 3.8) is 0 Å². The Morgan fingerprint density at radius 2 is 1.26 bits per heavy atom.